The SMILES string of the molecule is COc1cccc2[nH]c(C(=O)N3CC4CCCC4C3C(=O)NC(C#N)CN3CCNC3=O)cc12. The zero-order valence-corrected chi connectivity index (χ0v) is 19.0. The van der Waals surface area contributed by atoms with Crippen LogP contribution in [-0.2, 0) is 4.79 Å². The summed E-state index contributed by atoms with van der Waals surface area (Å²) >= 11 is 0. The number of methoxy groups -OCH3 is 1. The van der Waals surface area contributed by atoms with Gasteiger partial charge in [-0.25, -0.2) is 4.79 Å². The van der Waals surface area contributed by atoms with Crippen LogP contribution >= 0.6 is 0 Å². The van der Waals surface area contributed by atoms with Crippen LogP contribution in [0.4, 0.5) is 4.79 Å². The van der Waals surface area contributed by atoms with Gasteiger partial charge in [0.15, 0.2) is 0 Å². The van der Waals surface area contributed by atoms with Crippen LogP contribution in [0.2, 0.25) is 0 Å². The fourth-order valence-corrected chi connectivity index (χ4v) is 5.71. The number of rotatable bonds is 6. The number of hydrogen-bond donors (Lipinski definition) is 3. The van der Waals surface area contributed by atoms with Crippen molar-refractivity contribution in [1.29, 1.82) is 5.26 Å². The Kier molecular flexibility index (Phi) is 5.77. The topological polar surface area (TPSA) is 131 Å². The van der Waals surface area contributed by atoms with Gasteiger partial charge in [-0.3, -0.25) is 9.59 Å². The van der Waals surface area contributed by atoms with Gasteiger partial charge >= 0.3 is 6.03 Å². The number of nitriles is 1. The lowest BCUT2D eigenvalue weighted by Crippen LogP contribution is -2.53. The van der Waals surface area contributed by atoms with Gasteiger partial charge in [-0.15, -0.1) is 0 Å². The first kappa shape index (κ1) is 22.1. The minimum atomic E-state index is -0.842. The molecule has 10 nitrogen and oxygen atoms in total. The number of likely N-dealkylation sites (tertiary alicyclic amines) is 1. The van der Waals surface area contributed by atoms with Gasteiger partial charge in [-0.05, 0) is 42.9 Å². The van der Waals surface area contributed by atoms with Crippen LogP contribution in [0.5, 0.6) is 5.75 Å². The van der Waals surface area contributed by atoms with E-state index in [1.54, 1.807) is 18.1 Å². The van der Waals surface area contributed by atoms with Crippen LogP contribution in [0, 0.1) is 23.2 Å². The lowest BCUT2D eigenvalue weighted by Gasteiger charge is -2.28. The normalized spacial score (nSPS) is 24.6. The van der Waals surface area contributed by atoms with E-state index < -0.39 is 12.1 Å². The lowest BCUT2D eigenvalue weighted by atomic mass is 9.93. The fraction of sp³-hybridized carbons (Fsp3) is 0.500. The molecular formula is C24H28N6O4. The molecule has 1 saturated carbocycles. The van der Waals surface area contributed by atoms with Gasteiger partial charge in [-0.2, -0.15) is 5.26 Å². The number of hydrogen-bond acceptors (Lipinski definition) is 5. The number of carbonyl (C=O) groups excluding carboxylic acids is 3. The van der Waals surface area contributed by atoms with Crippen LogP contribution in [-0.4, -0.2) is 78.0 Å². The van der Waals surface area contributed by atoms with Gasteiger partial charge in [0.1, 0.15) is 23.5 Å². The largest absolute Gasteiger partial charge is 0.496 e. The van der Waals surface area contributed by atoms with Crippen molar-refractivity contribution in [3.05, 3.63) is 30.0 Å². The standard InChI is InChI=1S/C24H28N6O4/c1-34-20-7-3-6-18-17(20)10-19(28-18)23(32)30-12-14-4-2-5-16(14)21(30)22(31)27-15(11-25)13-29-9-8-26-24(29)33/h3,6-7,10,14-16,21,28H,2,4-5,8-9,12-13H2,1H3,(H,26,33)(H,27,31). The molecule has 3 N–H and O–H groups in total. The van der Waals surface area contributed by atoms with E-state index in [-0.39, 0.29) is 36.2 Å². The van der Waals surface area contributed by atoms with Crippen molar-refractivity contribution in [1.82, 2.24) is 25.4 Å². The van der Waals surface area contributed by atoms with Crippen LogP contribution in [0.3, 0.4) is 0 Å². The van der Waals surface area contributed by atoms with Gasteiger partial charge < -0.3 is 30.2 Å². The summed E-state index contributed by atoms with van der Waals surface area (Å²) in [7, 11) is 1.59. The molecule has 5 rings (SSSR count). The summed E-state index contributed by atoms with van der Waals surface area (Å²) in [5, 5.41) is 15.9. The van der Waals surface area contributed by atoms with Crippen molar-refractivity contribution in [2.45, 2.75) is 31.3 Å². The number of ether oxygens (including phenoxy) is 1. The third-order valence-corrected chi connectivity index (χ3v) is 7.31. The number of H-pyrrole nitrogens is 1. The van der Waals surface area contributed by atoms with E-state index in [1.807, 2.05) is 18.2 Å². The summed E-state index contributed by atoms with van der Waals surface area (Å²) in [5.41, 5.74) is 1.19. The molecule has 1 aromatic heterocycles. The molecule has 4 unspecified atom stereocenters. The number of aromatic nitrogens is 1. The quantitative estimate of drug-likeness (QED) is 0.596. The summed E-state index contributed by atoms with van der Waals surface area (Å²) < 4.78 is 5.41. The Balaban J connectivity index is 1.37. The van der Waals surface area contributed by atoms with E-state index in [0.717, 1.165) is 30.2 Å². The van der Waals surface area contributed by atoms with Gasteiger partial charge in [-0.1, -0.05) is 12.5 Å². The molecule has 10 heteroatoms. The maximum Gasteiger partial charge on any atom is 0.317 e. The van der Waals surface area contributed by atoms with E-state index in [2.05, 4.69) is 21.7 Å². The van der Waals surface area contributed by atoms with E-state index in [0.29, 0.717) is 31.1 Å². The lowest BCUT2D eigenvalue weighted by molar-refractivity contribution is -0.126. The molecule has 34 heavy (non-hydrogen) atoms. The first-order valence-corrected chi connectivity index (χ1v) is 11.7. The number of nitrogens with zero attached hydrogens (tertiary/aromatic N) is 3. The highest BCUT2D eigenvalue weighted by atomic mass is 16.5. The summed E-state index contributed by atoms with van der Waals surface area (Å²) in [6.45, 7) is 1.65. The third kappa shape index (κ3) is 3.81. The molecule has 0 radical (unpaired) electrons. The molecule has 3 aliphatic rings. The zero-order chi connectivity index (χ0) is 23.8. The first-order valence-electron chi connectivity index (χ1n) is 11.7. The van der Waals surface area contributed by atoms with Crippen LogP contribution in [0.1, 0.15) is 29.8 Å². The highest BCUT2D eigenvalue weighted by Gasteiger charge is 2.50. The highest BCUT2D eigenvalue weighted by Crippen LogP contribution is 2.43. The predicted octanol–water partition coefficient (Wildman–Crippen LogP) is 1.45. The highest BCUT2D eigenvalue weighted by molar-refractivity contribution is 6.02. The fourth-order valence-electron chi connectivity index (χ4n) is 5.71. The van der Waals surface area contributed by atoms with E-state index in [4.69, 9.17) is 4.74 Å². The van der Waals surface area contributed by atoms with Crippen molar-refractivity contribution in [2.24, 2.45) is 11.8 Å². The Hall–Kier alpha value is -3.74. The van der Waals surface area contributed by atoms with Crippen molar-refractivity contribution in [3.8, 4) is 11.8 Å². The molecule has 178 valence electrons. The van der Waals surface area contributed by atoms with Crippen molar-refractivity contribution >= 4 is 28.7 Å². The minimum absolute atomic E-state index is 0.0669. The molecule has 2 aromatic rings. The van der Waals surface area contributed by atoms with Crippen LogP contribution in [0.15, 0.2) is 24.3 Å². The van der Waals surface area contributed by atoms with Gasteiger partial charge in [0.25, 0.3) is 5.91 Å². The molecule has 2 saturated heterocycles. The van der Waals surface area contributed by atoms with Gasteiger partial charge in [0.05, 0.1) is 19.7 Å². The molecule has 2 aliphatic heterocycles. The summed E-state index contributed by atoms with van der Waals surface area (Å²) in [6.07, 6.45) is 2.88. The average molecular weight is 465 g/mol. The minimum Gasteiger partial charge on any atom is -0.496 e. The van der Waals surface area contributed by atoms with E-state index >= 15 is 0 Å². The number of nitrogens with one attached hydrogen (secondary N) is 3. The van der Waals surface area contributed by atoms with Gasteiger partial charge in [0, 0.05) is 30.5 Å². The van der Waals surface area contributed by atoms with Crippen molar-refractivity contribution in [2.75, 3.05) is 33.3 Å². The Morgan fingerprint density at radius 1 is 1.35 bits per heavy atom. The number of aromatic amines is 1. The van der Waals surface area contributed by atoms with E-state index in [1.165, 1.54) is 4.90 Å². The number of amides is 4. The average Bonchev–Trinajstić information content (AvgIpc) is 3.61. The second kappa shape index (κ2) is 8.89. The molecule has 1 aliphatic carbocycles. The number of benzene rings is 1. The molecule has 0 bridgehead atoms. The predicted molar refractivity (Wildman–Crippen MR) is 123 cm³/mol. The molecular weight excluding hydrogens is 436 g/mol. The van der Waals surface area contributed by atoms with Crippen molar-refractivity contribution in [3.63, 3.8) is 0 Å². The molecule has 4 atom stereocenters. The monoisotopic (exact) mass is 464 g/mol. The van der Waals surface area contributed by atoms with Crippen LogP contribution < -0.4 is 15.4 Å². The van der Waals surface area contributed by atoms with Crippen molar-refractivity contribution < 1.29 is 19.1 Å². The molecule has 4 amide bonds. The Morgan fingerprint density at radius 2 is 2.21 bits per heavy atom. The maximum absolute atomic E-state index is 13.6. The zero-order valence-electron chi connectivity index (χ0n) is 19.0. The van der Waals surface area contributed by atoms with Gasteiger partial charge in [0.2, 0.25) is 5.91 Å². The maximum atomic E-state index is 13.6. The first-order chi connectivity index (χ1) is 16.5. The Morgan fingerprint density at radius 3 is 2.94 bits per heavy atom. The molecule has 1 aromatic carbocycles. The molecule has 3 fully saturated rings. The summed E-state index contributed by atoms with van der Waals surface area (Å²) in [5.74, 6) is 0.437. The Bertz CT molecular complexity index is 1170. The Labute approximate surface area is 197 Å². The third-order valence-electron chi connectivity index (χ3n) is 7.31. The summed E-state index contributed by atoms with van der Waals surface area (Å²) in [6, 6.07) is 7.71. The summed E-state index contributed by atoms with van der Waals surface area (Å²) in [4.78, 5) is 45.2. The number of carbonyl (C=O) groups is 3. The number of urea groups is 1. The smallest absolute Gasteiger partial charge is 0.317 e. The second-order valence-electron chi connectivity index (χ2n) is 9.23. The van der Waals surface area contributed by atoms with Crippen LogP contribution in [0.25, 0.3) is 10.9 Å². The van der Waals surface area contributed by atoms with E-state index in [9.17, 15) is 19.6 Å². The number of fused-ring (bicyclic) bond motifs is 2. The second-order valence-corrected chi connectivity index (χ2v) is 9.23. The molecule has 3 heterocycles. The molecule has 0 spiro atoms.